The molecule has 1 aliphatic heterocycles. The van der Waals surface area contributed by atoms with E-state index in [4.69, 9.17) is 21.9 Å². The Morgan fingerprint density at radius 1 is 1.38 bits per heavy atom. The van der Waals surface area contributed by atoms with Crippen LogP contribution < -0.4 is 22.8 Å². The minimum atomic E-state index is -1.70. The average Bonchev–Trinajstić information content (AvgIpc) is 3.08. The van der Waals surface area contributed by atoms with Crippen molar-refractivity contribution < 1.29 is 20.1 Å². The van der Waals surface area contributed by atoms with Crippen LogP contribution in [-0.2, 0) is 10.5 Å². The van der Waals surface area contributed by atoms with Crippen molar-refractivity contribution in [1.29, 1.82) is 0 Å². The van der Waals surface area contributed by atoms with Gasteiger partial charge >= 0.3 is 0 Å². The van der Waals surface area contributed by atoms with Crippen molar-refractivity contribution in [3.8, 4) is 0 Å². The van der Waals surface area contributed by atoms with Gasteiger partial charge in [0.05, 0.1) is 25.1 Å². The molecule has 2 aromatic heterocycles. The van der Waals surface area contributed by atoms with Gasteiger partial charge in [0.1, 0.15) is 18.3 Å². The van der Waals surface area contributed by atoms with E-state index in [1.165, 1.54) is 10.9 Å². The second-order valence-electron chi connectivity index (χ2n) is 6.49. The Morgan fingerprint density at radius 3 is 2.54 bits per heavy atom. The molecule has 1 saturated heterocycles. The van der Waals surface area contributed by atoms with Crippen LogP contribution in [0.1, 0.15) is 20.0 Å². The number of anilines is 1. The van der Waals surface area contributed by atoms with E-state index in [9.17, 15) is 20.1 Å². The van der Waals surface area contributed by atoms with Crippen LogP contribution in [0.15, 0.2) is 11.1 Å². The fourth-order valence-corrected chi connectivity index (χ4v) is 3.40. The number of hydrogen-bond acceptors (Lipinski definition) is 10. The Bertz CT molecular complexity index is 878. The molecule has 2 unspecified atom stereocenters. The number of nitrogen functional groups attached to an aromatic ring is 1. The van der Waals surface area contributed by atoms with Crippen molar-refractivity contribution >= 4 is 17.1 Å². The Kier molecular flexibility index (Phi) is 4.50. The lowest BCUT2D eigenvalue weighted by Gasteiger charge is -2.37. The Morgan fingerprint density at radius 2 is 2.04 bits per heavy atom. The molecule has 1 aliphatic rings. The SMILES string of the molecule is CC(N)n1c(N)nc2c(ncn2[C@]2(C(C)N)O[C@H](CO)[C@@H](O)[C@H]2O)c1=O. The van der Waals surface area contributed by atoms with E-state index in [-0.39, 0.29) is 17.1 Å². The highest BCUT2D eigenvalue weighted by molar-refractivity contribution is 5.71. The summed E-state index contributed by atoms with van der Waals surface area (Å²) < 4.78 is 8.07. The number of fused-ring (bicyclic) bond motifs is 1. The van der Waals surface area contributed by atoms with Crippen molar-refractivity contribution in [1.82, 2.24) is 19.1 Å². The molecule has 3 heterocycles. The molecule has 12 heteroatoms. The lowest BCUT2D eigenvalue weighted by molar-refractivity contribution is -0.157. The Balaban J connectivity index is 2.28. The quantitative estimate of drug-likeness (QED) is 0.318. The molecular weight excluding hydrogens is 346 g/mol. The maximum absolute atomic E-state index is 12.6. The third kappa shape index (κ3) is 2.35. The summed E-state index contributed by atoms with van der Waals surface area (Å²) in [6, 6.07) is -0.861. The molecule has 26 heavy (non-hydrogen) atoms. The van der Waals surface area contributed by atoms with Gasteiger partial charge in [0.2, 0.25) is 5.95 Å². The number of aliphatic hydroxyl groups is 3. The molecule has 12 nitrogen and oxygen atoms in total. The highest BCUT2D eigenvalue weighted by Gasteiger charge is 2.58. The van der Waals surface area contributed by atoms with E-state index in [1.807, 2.05) is 0 Å². The van der Waals surface area contributed by atoms with Crippen LogP contribution in [0.25, 0.3) is 11.2 Å². The van der Waals surface area contributed by atoms with Gasteiger partial charge in [-0.1, -0.05) is 0 Å². The van der Waals surface area contributed by atoms with Gasteiger partial charge in [-0.15, -0.1) is 0 Å². The highest BCUT2D eigenvalue weighted by Crippen LogP contribution is 2.39. The zero-order valence-corrected chi connectivity index (χ0v) is 14.4. The lowest BCUT2D eigenvalue weighted by Crippen LogP contribution is -2.56. The molecule has 0 spiro atoms. The molecule has 0 aliphatic carbocycles. The second kappa shape index (κ2) is 6.26. The first kappa shape index (κ1) is 18.7. The van der Waals surface area contributed by atoms with Crippen molar-refractivity contribution in [3.05, 3.63) is 16.7 Å². The largest absolute Gasteiger partial charge is 0.394 e. The first-order chi connectivity index (χ1) is 12.2. The molecule has 1 fully saturated rings. The Labute approximate surface area is 147 Å². The van der Waals surface area contributed by atoms with Gasteiger partial charge < -0.3 is 37.3 Å². The van der Waals surface area contributed by atoms with Crippen LogP contribution in [0.2, 0.25) is 0 Å². The van der Waals surface area contributed by atoms with E-state index in [1.54, 1.807) is 13.8 Å². The summed E-state index contributed by atoms with van der Waals surface area (Å²) in [5.74, 6) is -0.147. The molecule has 0 amide bonds. The monoisotopic (exact) mass is 369 g/mol. The summed E-state index contributed by atoms with van der Waals surface area (Å²) in [6.45, 7) is 2.58. The van der Waals surface area contributed by atoms with E-state index >= 15 is 0 Å². The third-order valence-electron chi connectivity index (χ3n) is 4.72. The summed E-state index contributed by atoms with van der Waals surface area (Å²) in [5.41, 5.74) is 15.4. The molecule has 9 N–H and O–H groups in total. The zero-order chi connectivity index (χ0) is 19.4. The van der Waals surface area contributed by atoms with E-state index in [0.717, 1.165) is 4.57 Å². The summed E-state index contributed by atoms with van der Waals surface area (Å²) in [5, 5.41) is 30.2. The van der Waals surface area contributed by atoms with Gasteiger partial charge in [-0.25, -0.2) is 4.98 Å². The van der Waals surface area contributed by atoms with Crippen molar-refractivity contribution in [2.75, 3.05) is 12.3 Å². The molecule has 0 saturated carbocycles. The smallest absolute Gasteiger partial charge is 0.284 e. The number of rotatable bonds is 4. The average molecular weight is 369 g/mol. The van der Waals surface area contributed by atoms with Gasteiger partial charge in [-0.3, -0.25) is 13.9 Å². The predicted octanol–water partition coefficient (Wildman–Crippen LogP) is -3.23. The number of hydrogen-bond donors (Lipinski definition) is 6. The van der Waals surface area contributed by atoms with Crippen molar-refractivity contribution in [2.24, 2.45) is 11.5 Å². The van der Waals surface area contributed by atoms with Crippen molar-refractivity contribution in [3.63, 3.8) is 0 Å². The summed E-state index contributed by atoms with van der Waals surface area (Å²) in [6.07, 6.45) is -3.47. The van der Waals surface area contributed by atoms with Gasteiger partial charge in [0, 0.05) is 0 Å². The molecule has 144 valence electrons. The Hall–Kier alpha value is -2.09. The van der Waals surface area contributed by atoms with Crippen LogP contribution in [0, 0.1) is 0 Å². The van der Waals surface area contributed by atoms with Crippen LogP contribution in [0.3, 0.4) is 0 Å². The first-order valence-corrected chi connectivity index (χ1v) is 8.08. The van der Waals surface area contributed by atoms with Gasteiger partial charge in [0.15, 0.2) is 16.9 Å². The number of aromatic nitrogens is 4. The van der Waals surface area contributed by atoms with E-state index in [0.29, 0.717) is 0 Å². The van der Waals surface area contributed by atoms with Gasteiger partial charge in [0.25, 0.3) is 5.56 Å². The number of ether oxygens (including phenoxy) is 1. The molecular formula is C14H23N7O5. The number of aliphatic hydroxyl groups excluding tert-OH is 3. The normalized spacial score (nSPS) is 31.4. The number of nitrogens with two attached hydrogens (primary N) is 3. The number of imidazole rings is 1. The molecule has 0 radical (unpaired) electrons. The van der Waals surface area contributed by atoms with E-state index in [2.05, 4.69) is 9.97 Å². The summed E-state index contributed by atoms with van der Waals surface area (Å²) >= 11 is 0. The molecule has 6 atom stereocenters. The molecule has 2 aromatic rings. The second-order valence-corrected chi connectivity index (χ2v) is 6.49. The van der Waals surface area contributed by atoms with Gasteiger partial charge in [-0.2, -0.15) is 4.98 Å². The fourth-order valence-electron chi connectivity index (χ4n) is 3.40. The topological polar surface area (TPSA) is 201 Å². The third-order valence-corrected chi connectivity index (χ3v) is 4.72. The van der Waals surface area contributed by atoms with Gasteiger partial charge in [-0.05, 0) is 13.8 Å². The summed E-state index contributed by atoms with van der Waals surface area (Å²) in [4.78, 5) is 20.8. The lowest BCUT2D eigenvalue weighted by atomic mass is 9.96. The standard InChI is InChI=1S/C14H23N7O5/c1-5(15)14(10(24)9(23)7(3-22)26-14)20-4-18-8-11(20)19-13(17)21(6(2)16)12(8)25/h4-7,9-10,22-24H,3,15-16H2,1-2H3,(H2,17,19)/t5?,6?,7-,9-,10-,14-/m1/s1. The molecule has 0 bridgehead atoms. The minimum Gasteiger partial charge on any atom is -0.394 e. The maximum atomic E-state index is 12.6. The van der Waals surface area contributed by atoms with E-state index < -0.39 is 48.4 Å². The van der Waals surface area contributed by atoms with Crippen LogP contribution in [0.4, 0.5) is 5.95 Å². The molecule has 3 rings (SSSR count). The first-order valence-electron chi connectivity index (χ1n) is 8.08. The van der Waals surface area contributed by atoms with Crippen LogP contribution in [0.5, 0.6) is 0 Å². The van der Waals surface area contributed by atoms with Crippen LogP contribution >= 0.6 is 0 Å². The maximum Gasteiger partial charge on any atom is 0.284 e. The zero-order valence-electron chi connectivity index (χ0n) is 14.4. The fraction of sp³-hybridized carbons (Fsp3) is 0.643. The van der Waals surface area contributed by atoms with Crippen molar-refractivity contribution in [2.45, 2.75) is 50.1 Å². The highest BCUT2D eigenvalue weighted by atomic mass is 16.6. The predicted molar refractivity (Wildman–Crippen MR) is 90.7 cm³/mol. The minimum absolute atomic E-state index is 0.0199. The van der Waals surface area contributed by atoms with Crippen LogP contribution in [-0.4, -0.2) is 65.4 Å². The summed E-state index contributed by atoms with van der Waals surface area (Å²) in [7, 11) is 0. The number of nitrogens with zero attached hydrogens (tertiary/aromatic N) is 4. The molecule has 0 aromatic carbocycles.